The van der Waals surface area contributed by atoms with E-state index in [1.54, 1.807) is 0 Å². The summed E-state index contributed by atoms with van der Waals surface area (Å²) < 4.78 is 2.05. The van der Waals surface area contributed by atoms with Crippen LogP contribution in [0.2, 0.25) is 0 Å². The maximum atomic E-state index is 12.4. The van der Waals surface area contributed by atoms with Gasteiger partial charge in [-0.3, -0.25) is 14.2 Å². The van der Waals surface area contributed by atoms with Crippen molar-refractivity contribution in [1.82, 2.24) is 19.4 Å². The Morgan fingerprint density at radius 3 is 2.52 bits per heavy atom. The van der Waals surface area contributed by atoms with Crippen LogP contribution in [0.1, 0.15) is 0 Å². The van der Waals surface area contributed by atoms with Crippen LogP contribution >= 0.6 is 0 Å². The molecule has 3 aromatic heterocycles. The summed E-state index contributed by atoms with van der Waals surface area (Å²) in [5.74, 6) is 0.566. The number of hydrogen-bond acceptors (Lipinski definition) is 2. The van der Waals surface area contributed by atoms with Gasteiger partial charge in [-0.1, -0.05) is 30.3 Å². The van der Waals surface area contributed by atoms with Crippen molar-refractivity contribution in [1.29, 1.82) is 0 Å². The number of nitrogens with one attached hydrogen (secondary N) is 2. The number of rotatable bonds is 0. The molecule has 0 radical (unpaired) electrons. The zero-order chi connectivity index (χ0) is 16.5. The van der Waals surface area contributed by atoms with Crippen LogP contribution in [-0.2, 0) is 0 Å². The Hall–Kier alpha value is -3.60. The molecular weight excluding hydrogens is 312 g/mol. The van der Waals surface area contributed by atoms with Gasteiger partial charge < -0.3 is 4.98 Å². The van der Waals surface area contributed by atoms with E-state index in [4.69, 9.17) is 0 Å². The summed E-state index contributed by atoms with van der Waals surface area (Å²) in [6.45, 7) is 0. The van der Waals surface area contributed by atoms with Gasteiger partial charge in [-0.2, -0.15) is 0 Å². The Bertz CT molecular complexity index is 1520. The maximum absolute atomic E-state index is 12.4. The highest BCUT2D eigenvalue weighted by atomic mass is 16.1. The lowest BCUT2D eigenvalue weighted by molar-refractivity contribution is 1.16. The van der Waals surface area contributed by atoms with Crippen LogP contribution in [0.15, 0.2) is 65.5 Å². The molecule has 0 saturated carbocycles. The molecule has 0 spiro atoms. The standard InChI is InChI=1S/C20H12N4O/c25-19-12-6-2-4-8-16(12)24-18-15(22-20(24)23-19)10-9-14-17(18)11-5-1-3-7-13(11)21-14/h1-10,21H,(H,22,23,25). The first-order valence-corrected chi connectivity index (χ1v) is 8.14. The number of nitrogens with zero attached hydrogens (tertiary/aromatic N) is 2. The zero-order valence-corrected chi connectivity index (χ0v) is 13.1. The number of aromatic amines is 2. The minimum absolute atomic E-state index is 0.117. The van der Waals surface area contributed by atoms with Crippen molar-refractivity contribution < 1.29 is 0 Å². The van der Waals surface area contributed by atoms with Crippen molar-refractivity contribution in [2.24, 2.45) is 0 Å². The van der Waals surface area contributed by atoms with Gasteiger partial charge in [0.05, 0.1) is 21.9 Å². The molecule has 2 N–H and O–H groups in total. The quantitative estimate of drug-likeness (QED) is 0.444. The summed E-state index contributed by atoms with van der Waals surface area (Å²) in [5, 5.41) is 2.93. The molecule has 3 aromatic carbocycles. The lowest BCUT2D eigenvalue weighted by Gasteiger charge is -2.03. The molecule has 6 rings (SSSR count). The Kier molecular flexibility index (Phi) is 2.18. The highest BCUT2D eigenvalue weighted by Gasteiger charge is 2.15. The van der Waals surface area contributed by atoms with Crippen molar-refractivity contribution >= 4 is 49.5 Å². The van der Waals surface area contributed by atoms with Gasteiger partial charge in [-0.05, 0) is 30.3 Å². The molecule has 5 heteroatoms. The van der Waals surface area contributed by atoms with E-state index in [2.05, 4.69) is 31.5 Å². The van der Waals surface area contributed by atoms with Gasteiger partial charge in [-0.15, -0.1) is 0 Å². The molecule has 5 nitrogen and oxygen atoms in total. The fourth-order valence-corrected chi connectivity index (χ4v) is 3.85. The van der Waals surface area contributed by atoms with E-state index >= 15 is 0 Å². The first-order valence-electron chi connectivity index (χ1n) is 8.14. The van der Waals surface area contributed by atoms with Crippen LogP contribution in [0.5, 0.6) is 0 Å². The molecule has 0 bridgehead atoms. The van der Waals surface area contributed by atoms with Crippen molar-refractivity contribution in [3.05, 3.63) is 71.0 Å². The molecule has 25 heavy (non-hydrogen) atoms. The lowest BCUT2D eigenvalue weighted by Crippen LogP contribution is -2.09. The number of benzene rings is 3. The molecular formula is C20H12N4O. The fourth-order valence-electron chi connectivity index (χ4n) is 3.85. The molecule has 0 aliphatic rings. The maximum Gasteiger partial charge on any atom is 0.260 e. The van der Waals surface area contributed by atoms with Crippen molar-refractivity contribution in [3.8, 4) is 0 Å². The predicted molar refractivity (Wildman–Crippen MR) is 100 cm³/mol. The van der Waals surface area contributed by atoms with Gasteiger partial charge in [0.15, 0.2) is 0 Å². The summed E-state index contributed by atoms with van der Waals surface area (Å²) in [7, 11) is 0. The van der Waals surface area contributed by atoms with Gasteiger partial charge in [-0.25, -0.2) is 4.98 Å². The average Bonchev–Trinajstić information content (AvgIpc) is 3.19. The third-order valence-electron chi connectivity index (χ3n) is 4.90. The fraction of sp³-hybridized carbons (Fsp3) is 0. The van der Waals surface area contributed by atoms with E-state index in [0.29, 0.717) is 11.2 Å². The van der Waals surface area contributed by atoms with E-state index in [1.165, 1.54) is 0 Å². The van der Waals surface area contributed by atoms with E-state index in [9.17, 15) is 4.79 Å². The minimum Gasteiger partial charge on any atom is -0.354 e. The Morgan fingerprint density at radius 1 is 0.800 bits per heavy atom. The summed E-state index contributed by atoms with van der Waals surface area (Å²) in [6.07, 6.45) is 0. The SMILES string of the molecule is O=c1[nH]c2nc3ccc4[nH]c5ccccc5c4c3n2c2ccccc12. The largest absolute Gasteiger partial charge is 0.354 e. The van der Waals surface area contributed by atoms with Crippen LogP contribution in [-0.4, -0.2) is 19.4 Å². The van der Waals surface area contributed by atoms with Gasteiger partial charge >= 0.3 is 0 Å². The molecule has 0 fully saturated rings. The first-order chi connectivity index (χ1) is 12.3. The third-order valence-corrected chi connectivity index (χ3v) is 4.90. The summed E-state index contributed by atoms with van der Waals surface area (Å²) >= 11 is 0. The molecule has 6 aromatic rings. The molecule has 0 aliphatic heterocycles. The van der Waals surface area contributed by atoms with Crippen LogP contribution in [0.4, 0.5) is 0 Å². The normalized spacial score (nSPS) is 12.2. The molecule has 118 valence electrons. The Morgan fingerprint density at radius 2 is 1.60 bits per heavy atom. The minimum atomic E-state index is -0.117. The second-order valence-electron chi connectivity index (χ2n) is 6.27. The zero-order valence-electron chi connectivity index (χ0n) is 13.1. The van der Waals surface area contributed by atoms with Gasteiger partial charge in [0.1, 0.15) is 0 Å². The number of imidazole rings is 1. The number of hydrogen-bond donors (Lipinski definition) is 2. The Labute approximate surface area is 140 Å². The smallest absolute Gasteiger partial charge is 0.260 e. The number of para-hydroxylation sites is 2. The number of fused-ring (bicyclic) bond motifs is 9. The van der Waals surface area contributed by atoms with Gasteiger partial charge in [0.25, 0.3) is 5.56 Å². The van der Waals surface area contributed by atoms with Crippen molar-refractivity contribution in [3.63, 3.8) is 0 Å². The van der Waals surface area contributed by atoms with Crippen LogP contribution in [0, 0.1) is 0 Å². The third kappa shape index (κ3) is 1.52. The Balaban J connectivity index is 2.03. The number of H-pyrrole nitrogens is 2. The van der Waals surface area contributed by atoms with Gasteiger partial charge in [0.2, 0.25) is 5.78 Å². The molecule has 3 heterocycles. The predicted octanol–water partition coefficient (Wildman–Crippen LogP) is 3.96. The molecule has 0 atom stereocenters. The summed E-state index contributed by atoms with van der Waals surface area (Å²) in [4.78, 5) is 23.4. The average molecular weight is 324 g/mol. The molecule has 0 aliphatic carbocycles. The van der Waals surface area contributed by atoms with E-state index in [-0.39, 0.29) is 5.56 Å². The summed E-state index contributed by atoms with van der Waals surface area (Å²) in [5.41, 5.74) is 4.77. The van der Waals surface area contributed by atoms with E-state index in [1.807, 2.05) is 48.5 Å². The number of aromatic nitrogens is 4. The summed E-state index contributed by atoms with van der Waals surface area (Å²) in [6, 6.07) is 19.9. The lowest BCUT2D eigenvalue weighted by atomic mass is 10.1. The van der Waals surface area contributed by atoms with Crippen LogP contribution < -0.4 is 5.56 Å². The highest BCUT2D eigenvalue weighted by molar-refractivity contribution is 6.19. The molecule has 0 saturated heterocycles. The van der Waals surface area contributed by atoms with Gasteiger partial charge in [0, 0.05) is 21.8 Å². The van der Waals surface area contributed by atoms with E-state index in [0.717, 1.165) is 38.4 Å². The van der Waals surface area contributed by atoms with Crippen LogP contribution in [0.25, 0.3) is 49.5 Å². The molecule has 0 unspecified atom stereocenters. The highest BCUT2D eigenvalue weighted by Crippen LogP contribution is 2.33. The second kappa shape index (κ2) is 4.27. The van der Waals surface area contributed by atoms with Crippen molar-refractivity contribution in [2.45, 2.75) is 0 Å². The monoisotopic (exact) mass is 324 g/mol. The molecule has 0 amide bonds. The van der Waals surface area contributed by atoms with Crippen molar-refractivity contribution in [2.75, 3.05) is 0 Å². The topological polar surface area (TPSA) is 66.0 Å². The van der Waals surface area contributed by atoms with E-state index < -0.39 is 0 Å². The van der Waals surface area contributed by atoms with Crippen LogP contribution in [0.3, 0.4) is 0 Å². The first kappa shape index (κ1) is 12.8. The second-order valence-corrected chi connectivity index (χ2v) is 6.27.